The van der Waals surface area contributed by atoms with E-state index in [2.05, 4.69) is 83.6 Å². The minimum atomic E-state index is -1.21. The van der Waals surface area contributed by atoms with Crippen molar-refractivity contribution in [2.24, 2.45) is 40.2 Å². The van der Waals surface area contributed by atoms with Gasteiger partial charge in [-0.15, -0.1) is 5.10 Å². The number of carboxylic acids is 1. The van der Waals surface area contributed by atoms with E-state index in [9.17, 15) is 53.1 Å². The monoisotopic (exact) mass is 1820 g/mol. The molecule has 0 saturated heterocycles. The summed E-state index contributed by atoms with van der Waals surface area (Å²) in [5.41, 5.74) is 21.3. The van der Waals surface area contributed by atoms with Gasteiger partial charge in [-0.3, -0.25) is 43.2 Å². The van der Waals surface area contributed by atoms with Crippen molar-refractivity contribution < 1.29 is 95.7 Å². The number of Topliss-reactive ketones (excluding diaryl/α,β-unsaturated/α-hetero) is 4. The SMILES string of the molecule is CCCCOCCOCCOCCn1nnc2c1-c1ccccc1N(C(=O)CCC(=O)NCCOCCOCCOCCOCCC(=O)N[C@H](C(=O)C[C@@H](CCCNC(N)=O)C(=O)Nc1ccc(COC(=O)N[C@@H](CCC(=O)O)C(=O)Cc3ccc4c(c3)[C@@]3(C)CCC[C@](C)(C(=O)CC(=O)[C@@]5(C)CCC[C@]6(C)c7cc(N)ccc7CC[C@@H]56)[C@@H]3CC4)cc1)C(C)C)Cc1ccccc1-2. The Morgan fingerprint density at radius 3 is 1.78 bits per heavy atom. The number of aromatic nitrogens is 3. The number of para-hydroxylation sites is 1. The molecule has 5 aliphatic rings. The zero-order valence-electron chi connectivity index (χ0n) is 78.0. The number of benzene rings is 5. The molecule has 31 heteroatoms. The van der Waals surface area contributed by atoms with Gasteiger partial charge in [0.2, 0.25) is 23.6 Å². The fourth-order valence-corrected chi connectivity index (χ4v) is 20.4. The van der Waals surface area contributed by atoms with Crippen LogP contribution in [0.4, 0.5) is 26.7 Å². The lowest BCUT2D eigenvalue weighted by molar-refractivity contribution is -0.146. The van der Waals surface area contributed by atoms with Gasteiger partial charge in [0.25, 0.3) is 0 Å². The average Bonchev–Trinajstić information content (AvgIpc) is 0.865. The van der Waals surface area contributed by atoms with Crippen LogP contribution in [-0.4, -0.2) is 203 Å². The highest BCUT2D eigenvalue weighted by Crippen LogP contribution is 2.61. The number of ether oxygens (including phenoxy) is 8. The number of carbonyl (C=O) groups excluding carboxylic acids is 10. The number of carbonyl (C=O) groups is 11. The molecule has 5 aromatic carbocycles. The van der Waals surface area contributed by atoms with E-state index in [1.807, 2.05) is 77.5 Å². The molecule has 2 heterocycles. The Labute approximate surface area is 774 Å². The summed E-state index contributed by atoms with van der Waals surface area (Å²) in [5, 5.41) is 32.6. The van der Waals surface area contributed by atoms with Crippen LogP contribution < -0.4 is 43.0 Å². The molecule has 716 valence electrons. The first-order valence-electron chi connectivity index (χ1n) is 47.3. The number of ketones is 4. The maximum absolute atomic E-state index is 15.0. The molecule has 11 rings (SSSR count). The van der Waals surface area contributed by atoms with Gasteiger partial charge in [0.15, 0.2) is 11.6 Å². The molecule has 0 bridgehead atoms. The molecule has 0 unspecified atom stereocenters. The highest BCUT2D eigenvalue weighted by molar-refractivity contribution is 6.05. The van der Waals surface area contributed by atoms with Crippen molar-refractivity contribution in [3.8, 4) is 22.5 Å². The Bertz CT molecular complexity index is 4940. The third-order valence-electron chi connectivity index (χ3n) is 27.5. The number of hydrogen-bond acceptors (Lipinski definition) is 22. The number of hydrogen-bond donors (Lipinski definition) is 8. The van der Waals surface area contributed by atoms with Crippen LogP contribution in [0.25, 0.3) is 22.5 Å². The second-order valence-electron chi connectivity index (χ2n) is 37.0. The van der Waals surface area contributed by atoms with Crippen molar-refractivity contribution >= 4 is 81.9 Å². The quantitative estimate of drug-likeness (QED) is 0.00998. The summed E-state index contributed by atoms with van der Waals surface area (Å²) >= 11 is 0. The summed E-state index contributed by atoms with van der Waals surface area (Å²) in [7, 11) is 0. The first-order valence-corrected chi connectivity index (χ1v) is 47.3. The molecule has 1 aliphatic heterocycles. The molecule has 7 amide bonds. The summed E-state index contributed by atoms with van der Waals surface area (Å²) in [6, 6.07) is 31.1. The second-order valence-corrected chi connectivity index (χ2v) is 37.0. The van der Waals surface area contributed by atoms with Gasteiger partial charge in [-0.2, -0.15) is 0 Å². The van der Waals surface area contributed by atoms with E-state index in [0.717, 1.165) is 116 Å². The number of nitrogen functional groups attached to an aromatic ring is 1. The van der Waals surface area contributed by atoms with E-state index in [-0.39, 0.29) is 183 Å². The highest BCUT2D eigenvalue weighted by Gasteiger charge is 2.58. The topological polar surface area (TPSA) is 428 Å². The number of anilines is 3. The lowest BCUT2D eigenvalue weighted by Crippen LogP contribution is -2.55. The summed E-state index contributed by atoms with van der Waals surface area (Å²) in [5.74, 6) is -4.54. The molecule has 6 aromatic rings. The van der Waals surface area contributed by atoms with Crippen molar-refractivity contribution in [3.63, 3.8) is 0 Å². The maximum Gasteiger partial charge on any atom is 0.408 e. The maximum atomic E-state index is 15.0. The van der Waals surface area contributed by atoms with Crippen molar-refractivity contribution in [2.45, 2.75) is 232 Å². The fourth-order valence-electron chi connectivity index (χ4n) is 20.4. The molecule has 0 radical (unpaired) electrons. The van der Waals surface area contributed by atoms with Crippen molar-refractivity contribution in [3.05, 3.63) is 148 Å². The van der Waals surface area contributed by atoms with Crippen LogP contribution >= 0.6 is 0 Å². The Hall–Kier alpha value is -10.7. The number of fused-ring (bicyclic) bond motifs is 11. The Morgan fingerprint density at radius 1 is 0.568 bits per heavy atom. The molecule has 31 nitrogen and oxygen atoms in total. The Balaban J connectivity index is 0.557. The number of aryl methyl sites for hydroxylation is 2. The second kappa shape index (κ2) is 49.4. The lowest BCUT2D eigenvalue weighted by Gasteiger charge is -2.56. The third-order valence-corrected chi connectivity index (χ3v) is 27.5. The molecular weight excluding hydrogens is 1690 g/mol. The average molecular weight is 1830 g/mol. The van der Waals surface area contributed by atoms with Gasteiger partial charge in [-0.05, 0) is 175 Å². The minimum absolute atomic E-state index is 0.00338. The molecular formula is C101H137N11O20. The van der Waals surface area contributed by atoms with Crippen LogP contribution in [-0.2, 0) is 131 Å². The van der Waals surface area contributed by atoms with Crippen LogP contribution in [0.1, 0.15) is 209 Å². The van der Waals surface area contributed by atoms with Crippen LogP contribution in [0.2, 0.25) is 0 Å². The van der Waals surface area contributed by atoms with Gasteiger partial charge in [-0.1, -0.05) is 152 Å². The molecule has 1 aromatic heterocycles. The number of nitrogens with two attached hydrogens (primary N) is 2. The fraction of sp³-hybridized carbons (Fsp3) is 0.574. The third kappa shape index (κ3) is 27.3. The number of nitrogens with zero attached hydrogens (tertiary/aromatic N) is 4. The zero-order chi connectivity index (χ0) is 94.4. The van der Waals surface area contributed by atoms with Gasteiger partial charge < -0.3 is 86.0 Å². The minimum Gasteiger partial charge on any atom is -0.481 e. The zero-order valence-corrected chi connectivity index (χ0v) is 78.0. The summed E-state index contributed by atoms with van der Waals surface area (Å²) in [6.45, 7) is 20.0. The number of unbranched alkanes of at least 4 members (excludes halogenated alkanes) is 1. The number of aliphatic carboxylic acids is 1. The molecule has 132 heavy (non-hydrogen) atoms. The first kappa shape index (κ1) is 102. The largest absolute Gasteiger partial charge is 0.481 e. The van der Waals surface area contributed by atoms with E-state index < -0.39 is 76.4 Å². The smallest absolute Gasteiger partial charge is 0.408 e. The highest BCUT2D eigenvalue weighted by atomic mass is 16.6. The first-order chi connectivity index (χ1) is 63.5. The molecule has 2 saturated carbocycles. The Kier molecular flexibility index (Phi) is 38.1. The summed E-state index contributed by atoms with van der Waals surface area (Å²) in [4.78, 5) is 151. The van der Waals surface area contributed by atoms with Gasteiger partial charge in [0.1, 0.15) is 23.9 Å². The Morgan fingerprint density at radius 2 is 1.15 bits per heavy atom. The molecule has 2 fully saturated rings. The number of nitrogens with one attached hydrogen (secondary N) is 5. The number of urea groups is 1. The molecule has 10 N–H and O–H groups in total. The van der Waals surface area contributed by atoms with E-state index in [4.69, 9.17) is 49.4 Å². The van der Waals surface area contributed by atoms with Crippen molar-refractivity contribution in [2.75, 3.05) is 122 Å². The summed E-state index contributed by atoms with van der Waals surface area (Å²) in [6.07, 6.45) is 8.60. The number of alkyl carbamates (subject to hydrolysis) is 1. The predicted octanol–water partition coefficient (Wildman–Crippen LogP) is 12.6. The molecule has 9 atom stereocenters. The summed E-state index contributed by atoms with van der Waals surface area (Å²) < 4.78 is 47.1. The van der Waals surface area contributed by atoms with Crippen molar-refractivity contribution in [1.29, 1.82) is 0 Å². The van der Waals surface area contributed by atoms with Crippen LogP contribution in [0.3, 0.4) is 0 Å². The van der Waals surface area contributed by atoms with Gasteiger partial charge in [0.05, 0.1) is 129 Å². The van der Waals surface area contributed by atoms with Crippen molar-refractivity contribution in [1.82, 2.24) is 36.3 Å². The van der Waals surface area contributed by atoms with Gasteiger partial charge in [-0.25, -0.2) is 14.3 Å². The molecule has 0 spiro atoms. The van der Waals surface area contributed by atoms with E-state index >= 15 is 4.79 Å². The van der Waals surface area contributed by atoms with Gasteiger partial charge >= 0.3 is 18.1 Å². The van der Waals surface area contributed by atoms with E-state index in [0.29, 0.717) is 80.6 Å². The number of rotatable bonds is 54. The number of primary amides is 1. The molecule has 4 aliphatic carbocycles. The van der Waals surface area contributed by atoms with Crippen LogP contribution in [0.15, 0.2) is 109 Å². The lowest BCUT2D eigenvalue weighted by atomic mass is 9.47. The predicted molar refractivity (Wildman–Crippen MR) is 498 cm³/mol. The van der Waals surface area contributed by atoms with Crippen LogP contribution in [0.5, 0.6) is 0 Å². The van der Waals surface area contributed by atoms with Crippen LogP contribution in [0, 0.1) is 34.5 Å². The number of amides is 7. The van der Waals surface area contributed by atoms with E-state index in [1.54, 1.807) is 43.0 Å². The van der Waals surface area contributed by atoms with E-state index in [1.165, 1.54) is 11.1 Å². The van der Waals surface area contributed by atoms with Gasteiger partial charge in [0, 0.05) is 97.5 Å². The standard InChI is InChI=1S/C101H137N11O20/c1-8-9-46-125-50-54-129-57-53-128-49-45-112-94-77-20-12-13-21-81(77)111(65-73-17-10-11-19-76(73)93(94)109-110-112)90(119)36-35-88(117)104-44-48-127-52-56-131-59-58-130-55-51-126-47-38-89(118)108-92(67(2)3)83(114)62-72(18-14-43-105-96(103)123)95(122)106-75-30-23-68(24-31-75)66-132-97(124)107-80(32-37-91(120)121)82(113)61-69-22-25-70-27-33-84-98(4,78(70)60-69)39-15-41-100(84,6)86(115)64-87(116)101(7)42-16-40-99(5)79-63-74(102)29-26-71(79)28-34-85(99)101/h10-13,17,19-26,29-31,60,63,67,72,80,84-85,92H,8-9,14-16,18,27-28,32-59,61-62,64-66,102H2,1-7H3,(H,104,117)(H,106,122)(H,107,124)(H,108,118)(H,120,121)(H3,103,105,123)/t72-,80+,84-,85-,92+,98-,99-,100+,101+/m1/s1. The normalized spacial score (nSPS) is 20.0. The number of carboxylic acid groups (broad SMARTS) is 1.